The third-order valence-electron chi connectivity index (χ3n) is 1.96. The maximum atomic E-state index is 10.9. The van der Waals surface area contributed by atoms with E-state index in [2.05, 4.69) is 4.74 Å². The highest BCUT2D eigenvalue weighted by atomic mass is 16.6. The summed E-state index contributed by atoms with van der Waals surface area (Å²) >= 11 is 0. The maximum Gasteiger partial charge on any atom is 0.405 e. The van der Waals surface area contributed by atoms with Crippen LogP contribution in [0.4, 0.5) is 4.79 Å². The number of rotatable bonds is 6. The number of hydrogen-bond acceptors (Lipinski definition) is 4. The van der Waals surface area contributed by atoms with E-state index in [4.69, 9.17) is 16.2 Å². The molecule has 1 aromatic rings. The molecule has 1 rings (SSSR count). The molecule has 0 aliphatic rings. The molecule has 6 heteroatoms. The van der Waals surface area contributed by atoms with Crippen LogP contribution in [0.2, 0.25) is 0 Å². The molecular formula is C11H14N2O4. The van der Waals surface area contributed by atoms with E-state index in [9.17, 15) is 9.59 Å². The lowest BCUT2D eigenvalue weighted by atomic mass is 10.2. The molecule has 1 atom stereocenters. The Hall–Kier alpha value is -2.08. The van der Waals surface area contributed by atoms with Gasteiger partial charge in [-0.2, -0.15) is 0 Å². The van der Waals surface area contributed by atoms with Gasteiger partial charge in [0.25, 0.3) is 5.91 Å². The summed E-state index contributed by atoms with van der Waals surface area (Å²) in [4.78, 5) is 21.4. The molecule has 6 nitrogen and oxygen atoms in total. The van der Waals surface area contributed by atoms with E-state index < -0.39 is 18.1 Å². The van der Waals surface area contributed by atoms with Crippen LogP contribution in [0.25, 0.3) is 0 Å². The van der Waals surface area contributed by atoms with Crippen LogP contribution in [0.3, 0.4) is 0 Å². The van der Waals surface area contributed by atoms with Crippen molar-refractivity contribution < 1.29 is 19.1 Å². The van der Waals surface area contributed by atoms with Crippen molar-refractivity contribution in [3.63, 3.8) is 0 Å². The van der Waals surface area contributed by atoms with Crippen molar-refractivity contribution in [3.8, 4) is 0 Å². The van der Waals surface area contributed by atoms with Crippen molar-refractivity contribution in [2.75, 3.05) is 6.61 Å². The Morgan fingerprint density at radius 2 is 1.82 bits per heavy atom. The van der Waals surface area contributed by atoms with Crippen LogP contribution >= 0.6 is 0 Å². The van der Waals surface area contributed by atoms with Crippen LogP contribution in [-0.2, 0) is 20.9 Å². The summed E-state index contributed by atoms with van der Waals surface area (Å²) in [6.07, 6.45) is -2.21. The second kappa shape index (κ2) is 6.49. The second-order valence-corrected chi connectivity index (χ2v) is 3.33. The number of benzene rings is 1. The third-order valence-corrected chi connectivity index (χ3v) is 1.96. The van der Waals surface area contributed by atoms with Gasteiger partial charge in [-0.05, 0) is 5.56 Å². The van der Waals surface area contributed by atoms with E-state index in [1.807, 2.05) is 30.3 Å². The number of nitrogens with two attached hydrogens (primary N) is 2. The highest BCUT2D eigenvalue weighted by Crippen LogP contribution is 2.02. The van der Waals surface area contributed by atoms with Gasteiger partial charge < -0.3 is 20.9 Å². The van der Waals surface area contributed by atoms with Gasteiger partial charge in [0.05, 0.1) is 13.2 Å². The number of hydrogen-bond donors (Lipinski definition) is 2. The first-order chi connectivity index (χ1) is 8.09. The Morgan fingerprint density at radius 1 is 1.18 bits per heavy atom. The number of primary amides is 2. The van der Waals surface area contributed by atoms with Crippen molar-refractivity contribution in [1.82, 2.24) is 0 Å². The van der Waals surface area contributed by atoms with Crippen LogP contribution in [0, 0.1) is 0 Å². The van der Waals surface area contributed by atoms with Crippen LogP contribution in [-0.4, -0.2) is 24.7 Å². The summed E-state index contributed by atoms with van der Waals surface area (Å²) in [6.45, 7) is 0.180. The minimum absolute atomic E-state index is 0.118. The molecule has 0 bridgehead atoms. The Kier molecular flexibility index (Phi) is 4.96. The highest BCUT2D eigenvalue weighted by molar-refractivity contribution is 5.81. The van der Waals surface area contributed by atoms with Gasteiger partial charge >= 0.3 is 6.09 Å². The molecular weight excluding hydrogens is 224 g/mol. The number of ether oxygens (including phenoxy) is 2. The first-order valence-electron chi connectivity index (χ1n) is 4.96. The van der Waals surface area contributed by atoms with Crippen LogP contribution in [0.5, 0.6) is 0 Å². The Bertz CT molecular complexity index is 380. The molecule has 0 aromatic heterocycles. The minimum Gasteiger partial charge on any atom is -0.434 e. The molecule has 92 valence electrons. The summed E-state index contributed by atoms with van der Waals surface area (Å²) in [5.74, 6) is -0.795. The summed E-state index contributed by atoms with van der Waals surface area (Å²) in [5.41, 5.74) is 10.7. The maximum absolute atomic E-state index is 10.9. The predicted octanol–water partition coefficient (Wildman–Crippen LogP) is 0.152. The van der Waals surface area contributed by atoms with Crippen molar-refractivity contribution >= 4 is 12.0 Å². The summed E-state index contributed by atoms with van der Waals surface area (Å²) in [6, 6.07) is 9.35. The average Bonchev–Trinajstić information content (AvgIpc) is 2.28. The van der Waals surface area contributed by atoms with Gasteiger partial charge in [-0.15, -0.1) is 0 Å². The zero-order valence-corrected chi connectivity index (χ0v) is 9.17. The van der Waals surface area contributed by atoms with Gasteiger partial charge in [-0.3, -0.25) is 4.79 Å². The van der Waals surface area contributed by atoms with Crippen LogP contribution in [0.15, 0.2) is 30.3 Å². The quantitative estimate of drug-likeness (QED) is 0.736. The molecule has 0 spiro atoms. The minimum atomic E-state index is -1.16. The topological polar surface area (TPSA) is 105 Å². The van der Waals surface area contributed by atoms with E-state index in [0.717, 1.165) is 5.56 Å². The van der Waals surface area contributed by atoms with E-state index in [1.165, 1.54) is 0 Å². The number of carbonyl (C=O) groups is 2. The van der Waals surface area contributed by atoms with Crippen molar-refractivity contribution in [1.29, 1.82) is 0 Å². The van der Waals surface area contributed by atoms with Gasteiger partial charge in [-0.1, -0.05) is 30.3 Å². The summed E-state index contributed by atoms with van der Waals surface area (Å²) in [7, 11) is 0. The predicted molar refractivity (Wildman–Crippen MR) is 59.7 cm³/mol. The molecule has 0 saturated carbocycles. The van der Waals surface area contributed by atoms with Crippen LogP contribution in [0.1, 0.15) is 5.56 Å². The zero-order chi connectivity index (χ0) is 12.7. The van der Waals surface area contributed by atoms with E-state index >= 15 is 0 Å². The first-order valence-corrected chi connectivity index (χ1v) is 4.96. The van der Waals surface area contributed by atoms with E-state index in [-0.39, 0.29) is 6.61 Å². The lowest BCUT2D eigenvalue weighted by molar-refractivity contribution is -0.129. The Morgan fingerprint density at radius 3 is 2.35 bits per heavy atom. The Balaban J connectivity index is 2.37. The second-order valence-electron chi connectivity index (χ2n) is 3.33. The number of amides is 2. The molecule has 0 saturated heterocycles. The molecule has 2 amide bonds. The molecule has 0 radical (unpaired) electrons. The van der Waals surface area contributed by atoms with E-state index in [1.54, 1.807) is 0 Å². The molecule has 4 N–H and O–H groups in total. The number of carbonyl (C=O) groups excluding carboxylic acids is 2. The normalized spacial score (nSPS) is 11.8. The van der Waals surface area contributed by atoms with E-state index in [0.29, 0.717) is 6.61 Å². The smallest absolute Gasteiger partial charge is 0.405 e. The van der Waals surface area contributed by atoms with Crippen molar-refractivity contribution in [3.05, 3.63) is 35.9 Å². The zero-order valence-electron chi connectivity index (χ0n) is 9.17. The molecule has 17 heavy (non-hydrogen) atoms. The summed E-state index contributed by atoms with van der Waals surface area (Å²) < 4.78 is 9.70. The lowest BCUT2D eigenvalue weighted by Gasteiger charge is -2.13. The largest absolute Gasteiger partial charge is 0.434 e. The van der Waals surface area contributed by atoms with Gasteiger partial charge in [0, 0.05) is 0 Å². The van der Waals surface area contributed by atoms with Gasteiger partial charge in [-0.25, -0.2) is 4.79 Å². The standard InChI is InChI=1S/C11H14N2O4/c12-10(14)9(17-11(13)15)7-16-6-8-4-2-1-3-5-8/h1-5,9H,6-7H2,(H2,12,14)(H2,13,15)/t9-/m0/s1. The molecule has 0 fully saturated rings. The fraction of sp³-hybridized carbons (Fsp3) is 0.273. The summed E-state index contributed by atoms with van der Waals surface area (Å²) in [5, 5.41) is 0. The SMILES string of the molecule is NC(=O)O[C@@H](COCc1ccccc1)C(N)=O. The first kappa shape index (κ1) is 13.0. The molecule has 0 unspecified atom stereocenters. The highest BCUT2D eigenvalue weighted by Gasteiger charge is 2.19. The Labute approximate surface area is 98.5 Å². The lowest BCUT2D eigenvalue weighted by Crippen LogP contribution is -2.38. The molecule has 0 heterocycles. The van der Waals surface area contributed by atoms with Gasteiger partial charge in [0.1, 0.15) is 0 Å². The van der Waals surface area contributed by atoms with Crippen molar-refractivity contribution in [2.24, 2.45) is 11.5 Å². The fourth-order valence-electron chi connectivity index (χ4n) is 1.17. The molecule has 1 aromatic carbocycles. The van der Waals surface area contributed by atoms with Gasteiger partial charge in [0.2, 0.25) is 6.10 Å². The van der Waals surface area contributed by atoms with Crippen LogP contribution < -0.4 is 11.5 Å². The monoisotopic (exact) mass is 238 g/mol. The van der Waals surface area contributed by atoms with Gasteiger partial charge in [0.15, 0.2) is 0 Å². The molecule has 0 aliphatic heterocycles. The fourth-order valence-corrected chi connectivity index (χ4v) is 1.17. The molecule has 0 aliphatic carbocycles. The average molecular weight is 238 g/mol. The van der Waals surface area contributed by atoms with Crippen molar-refractivity contribution in [2.45, 2.75) is 12.7 Å². The third kappa shape index (κ3) is 4.98.